The standard InChI is InChI=1S/C11H10ClN3O.C10H8ClN3O/c1-15-10(16)6-9(14-11(15)13)7-2-4-8(12)5-3-7;11-7-3-1-6(2-4-7)8-5-9(15)14-10(12)13-8/h2-6H,1H3,(H2,13,14);1-5H,(H3,12,13,14,15). The highest BCUT2D eigenvalue weighted by Gasteiger charge is 2.05. The van der Waals surface area contributed by atoms with Crippen molar-refractivity contribution in [3.63, 3.8) is 0 Å². The fourth-order valence-corrected chi connectivity index (χ4v) is 2.82. The van der Waals surface area contributed by atoms with E-state index in [9.17, 15) is 9.59 Å². The van der Waals surface area contributed by atoms with Gasteiger partial charge in [0.15, 0.2) is 0 Å². The summed E-state index contributed by atoms with van der Waals surface area (Å²) in [5.41, 5.74) is 13.3. The maximum Gasteiger partial charge on any atom is 0.255 e. The molecular weight excluding hydrogens is 439 g/mol. The van der Waals surface area contributed by atoms with Crippen LogP contribution in [-0.4, -0.2) is 19.5 Å². The molecule has 5 N–H and O–H groups in total. The lowest BCUT2D eigenvalue weighted by Crippen LogP contribution is -2.20. The molecule has 10 heteroatoms. The first-order chi connectivity index (χ1) is 14.7. The number of rotatable bonds is 2. The third-order valence-electron chi connectivity index (χ3n) is 4.21. The summed E-state index contributed by atoms with van der Waals surface area (Å²) in [6.45, 7) is 0. The van der Waals surface area contributed by atoms with Crippen molar-refractivity contribution in [2.45, 2.75) is 0 Å². The monoisotopic (exact) mass is 456 g/mol. The van der Waals surface area contributed by atoms with Gasteiger partial charge in [0.1, 0.15) is 0 Å². The number of aromatic amines is 1. The molecule has 8 nitrogen and oxygen atoms in total. The Morgan fingerprint density at radius 1 is 0.806 bits per heavy atom. The fraction of sp³-hybridized carbons (Fsp3) is 0.0476. The lowest BCUT2D eigenvalue weighted by Gasteiger charge is -2.05. The number of nitrogens with two attached hydrogens (primary N) is 2. The third kappa shape index (κ3) is 5.71. The van der Waals surface area contributed by atoms with Crippen LogP contribution >= 0.6 is 23.2 Å². The average molecular weight is 457 g/mol. The number of H-pyrrole nitrogens is 1. The van der Waals surface area contributed by atoms with Gasteiger partial charge in [0.2, 0.25) is 11.9 Å². The first kappa shape index (κ1) is 22.1. The highest BCUT2D eigenvalue weighted by atomic mass is 35.5. The predicted octanol–water partition coefficient (Wildman–Crippen LogP) is 3.36. The molecule has 0 fully saturated rings. The Balaban J connectivity index is 0.000000176. The highest BCUT2D eigenvalue weighted by Crippen LogP contribution is 2.19. The molecule has 0 radical (unpaired) electrons. The number of halogens is 2. The molecule has 0 aliphatic carbocycles. The Morgan fingerprint density at radius 3 is 1.74 bits per heavy atom. The number of hydrogen-bond acceptors (Lipinski definition) is 6. The predicted molar refractivity (Wildman–Crippen MR) is 124 cm³/mol. The molecule has 0 aliphatic rings. The molecule has 4 rings (SSSR count). The van der Waals surface area contributed by atoms with E-state index in [1.807, 2.05) is 0 Å². The van der Waals surface area contributed by atoms with Crippen molar-refractivity contribution in [3.8, 4) is 22.5 Å². The van der Waals surface area contributed by atoms with Gasteiger partial charge < -0.3 is 11.5 Å². The zero-order valence-electron chi connectivity index (χ0n) is 16.3. The largest absolute Gasteiger partial charge is 0.369 e. The van der Waals surface area contributed by atoms with Crippen molar-refractivity contribution >= 4 is 35.1 Å². The molecule has 0 saturated carbocycles. The summed E-state index contributed by atoms with van der Waals surface area (Å²) < 4.78 is 1.29. The van der Waals surface area contributed by atoms with Gasteiger partial charge in [-0.25, -0.2) is 9.97 Å². The van der Waals surface area contributed by atoms with E-state index in [0.717, 1.165) is 11.1 Å². The van der Waals surface area contributed by atoms with Crippen molar-refractivity contribution in [2.75, 3.05) is 11.5 Å². The van der Waals surface area contributed by atoms with Crippen LogP contribution in [-0.2, 0) is 7.05 Å². The summed E-state index contributed by atoms with van der Waals surface area (Å²) in [5.74, 6) is 0.296. The van der Waals surface area contributed by atoms with Crippen molar-refractivity contribution in [2.24, 2.45) is 7.05 Å². The molecule has 0 spiro atoms. The van der Waals surface area contributed by atoms with Crippen LogP contribution in [0.5, 0.6) is 0 Å². The lowest BCUT2D eigenvalue weighted by atomic mass is 10.1. The van der Waals surface area contributed by atoms with Crippen molar-refractivity contribution in [3.05, 3.63) is 91.4 Å². The van der Waals surface area contributed by atoms with Gasteiger partial charge in [-0.2, -0.15) is 0 Å². The second-order valence-corrected chi connectivity index (χ2v) is 7.30. The Hall–Kier alpha value is -3.62. The van der Waals surface area contributed by atoms with E-state index in [2.05, 4.69) is 15.0 Å². The van der Waals surface area contributed by atoms with Crippen LogP contribution in [0.15, 0.2) is 70.3 Å². The van der Waals surface area contributed by atoms with E-state index in [-0.39, 0.29) is 23.0 Å². The number of benzene rings is 2. The average Bonchev–Trinajstić information content (AvgIpc) is 2.72. The summed E-state index contributed by atoms with van der Waals surface area (Å²) >= 11 is 11.5. The Labute approximate surface area is 187 Å². The van der Waals surface area contributed by atoms with Crippen molar-refractivity contribution < 1.29 is 0 Å². The first-order valence-electron chi connectivity index (χ1n) is 8.95. The second-order valence-electron chi connectivity index (χ2n) is 6.43. The molecule has 0 atom stereocenters. The molecule has 31 heavy (non-hydrogen) atoms. The van der Waals surface area contributed by atoms with Gasteiger partial charge in [0.25, 0.3) is 11.1 Å². The third-order valence-corrected chi connectivity index (χ3v) is 4.71. The van der Waals surface area contributed by atoms with Crippen LogP contribution in [0.1, 0.15) is 0 Å². The number of nitrogens with zero attached hydrogens (tertiary/aromatic N) is 3. The van der Waals surface area contributed by atoms with Crippen molar-refractivity contribution in [1.82, 2.24) is 19.5 Å². The zero-order chi connectivity index (χ0) is 22.5. The molecule has 0 saturated heterocycles. The summed E-state index contributed by atoms with van der Waals surface area (Å²) in [6.07, 6.45) is 0. The smallest absolute Gasteiger partial charge is 0.255 e. The Kier molecular flexibility index (Phi) is 6.74. The van der Waals surface area contributed by atoms with E-state index in [1.165, 1.54) is 16.7 Å². The molecule has 2 heterocycles. The maximum atomic E-state index is 11.5. The van der Waals surface area contributed by atoms with Gasteiger partial charge in [-0.3, -0.25) is 19.1 Å². The van der Waals surface area contributed by atoms with Crippen LogP contribution in [0.2, 0.25) is 10.0 Å². The van der Waals surface area contributed by atoms with Crippen molar-refractivity contribution in [1.29, 1.82) is 0 Å². The van der Waals surface area contributed by atoms with E-state index >= 15 is 0 Å². The summed E-state index contributed by atoms with van der Waals surface area (Å²) in [5, 5.41) is 1.28. The van der Waals surface area contributed by atoms with Crippen LogP contribution in [0.25, 0.3) is 22.5 Å². The van der Waals surface area contributed by atoms with E-state index in [4.69, 9.17) is 34.7 Å². The van der Waals surface area contributed by atoms with Gasteiger partial charge in [-0.1, -0.05) is 47.5 Å². The topological polar surface area (TPSA) is 133 Å². The Morgan fingerprint density at radius 2 is 1.29 bits per heavy atom. The summed E-state index contributed by atoms with van der Waals surface area (Å²) in [7, 11) is 1.58. The number of aromatic nitrogens is 4. The van der Waals surface area contributed by atoms with E-state index in [0.29, 0.717) is 21.4 Å². The highest BCUT2D eigenvalue weighted by molar-refractivity contribution is 6.30. The minimum Gasteiger partial charge on any atom is -0.369 e. The number of anilines is 2. The summed E-state index contributed by atoms with van der Waals surface area (Å²) in [6, 6.07) is 16.9. The van der Waals surface area contributed by atoms with Gasteiger partial charge >= 0.3 is 0 Å². The normalized spacial score (nSPS) is 10.3. The minimum atomic E-state index is -0.271. The van der Waals surface area contributed by atoms with Gasteiger partial charge in [0.05, 0.1) is 11.4 Å². The zero-order valence-corrected chi connectivity index (χ0v) is 17.9. The van der Waals surface area contributed by atoms with Crippen LogP contribution in [0, 0.1) is 0 Å². The van der Waals surface area contributed by atoms with Gasteiger partial charge in [-0.15, -0.1) is 0 Å². The molecule has 2 aromatic heterocycles. The molecule has 0 bridgehead atoms. The number of nitrogens with one attached hydrogen (secondary N) is 1. The lowest BCUT2D eigenvalue weighted by molar-refractivity contribution is 0.845. The van der Waals surface area contributed by atoms with Crippen LogP contribution in [0.3, 0.4) is 0 Å². The van der Waals surface area contributed by atoms with Gasteiger partial charge in [-0.05, 0) is 24.3 Å². The van der Waals surface area contributed by atoms with Gasteiger partial charge in [0, 0.05) is 40.4 Å². The molecular formula is C21H18Cl2N6O2. The molecule has 2 aromatic carbocycles. The SMILES string of the molecule is Cn1c(N)nc(-c2ccc(Cl)cc2)cc1=O.Nc1nc(-c2ccc(Cl)cc2)cc(=O)[nH]1. The first-order valence-corrected chi connectivity index (χ1v) is 9.71. The fourth-order valence-electron chi connectivity index (χ4n) is 2.57. The van der Waals surface area contributed by atoms with E-state index < -0.39 is 0 Å². The Bertz CT molecular complexity index is 1320. The molecule has 0 amide bonds. The minimum absolute atomic E-state index is 0.104. The second kappa shape index (κ2) is 9.46. The molecule has 158 valence electrons. The number of hydrogen-bond donors (Lipinski definition) is 3. The molecule has 0 aliphatic heterocycles. The molecule has 4 aromatic rings. The maximum absolute atomic E-state index is 11.5. The van der Waals surface area contributed by atoms with Crippen LogP contribution < -0.4 is 22.6 Å². The summed E-state index contributed by atoms with van der Waals surface area (Å²) in [4.78, 5) is 33.2. The quantitative estimate of drug-likeness (QED) is 0.423. The molecule has 0 unspecified atom stereocenters. The van der Waals surface area contributed by atoms with Crippen LogP contribution in [0.4, 0.5) is 11.9 Å². The number of nitrogen functional groups attached to an aromatic ring is 2. The van der Waals surface area contributed by atoms with E-state index in [1.54, 1.807) is 55.6 Å².